The Hall–Kier alpha value is -0.120. The fourth-order valence-corrected chi connectivity index (χ4v) is 3.00. The first kappa shape index (κ1) is 11.4. The molecule has 1 N–H and O–H groups in total. The van der Waals surface area contributed by atoms with E-state index in [-0.39, 0.29) is 0 Å². The van der Waals surface area contributed by atoms with E-state index >= 15 is 0 Å². The Kier molecular flexibility index (Phi) is 4.00. The SMILES string of the molecule is C[C@@H]1CC[C@H](N2CCN(CCO)CC2)C1. The largest absolute Gasteiger partial charge is 0.395 e. The summed E-state index contributed by atoms with van der Waals surface area (Å²) in [6.45, 7) is 8.24. The Bertz CT molecular complexity index is 190. The first-order chi connectivity index (χ1) is 7.29. The molecule has 2 fully saturated rings. The Morgan fingerprint density at radius 3 is 2.40 bits per heavy atom. The number of aliphatic hydroxyl groups excluding tert-OH is 1. The van der Waals surface area contributed by atoms with Crippen molar-refractivity contribution < 1.29 is 5.11 Å². The molecule has 1 saturated carbocycles. The van der Waals surface area contributed by atoms with Gasteiger partial charge < -0.3 is 5.11 Å². The van der Waals surface area contributed by atoms with E-state index in [9.17, 15) is 0 Å². The Labute approximate surface area is 93.1 Å². The number of β-amino-alcohol motifs (C(OH)–C–C–N with tert-alkyl or cyclic N) is 1. The topological polar surface area (TPSA) is 26.7 Å². The van der Waals surface area contributed by atoms with Crippen molar-refractivity contribution in [2.24, 2.45) is 5.92 Å². The molecule has 0 amide bonds. The van der Waals surface area contributed by atoms with E-state index in [1.54, 1.807) is 0 Å². The van der Waals surface area contributed by atoms with Gasteiger partial charge in [-0.15, -0.1) is 0 Å². The van der Waals surface area contributed by atoms with Crippen LogP contribution in [-0.2, 0) is 0 Å². The molecule has 15 heavy (non-hydrogen) atoms. The van der Waals surface area contributed by atoms with Gasteiger partial charge in [0.25, 0.3) is 0 Å². The summed E-state index contributed by atoms with van der Waals surface area (Å²) in [7, 11) is 0. The molecule has 1 saturated heterocycles. The van der Waals surface area contributed by atoms with Crippen LogP contribution in [0.15, 0.2) is 0 Å². The maximum absolute atomic E-state index is 8.88. The van der Waals surface area contributed by atoms with Crippen molar-refractivity contribution in [3.05, 3.63) is 0 Å². The van der Waals surface area contributed by atoms with E-state index in [4.69, 9.17) is 5.11 Å². The van der Waals surface area contributed by atoms with Crippen LogP contribution >= 0.6 is 0 Å². The number of piperazine rings is 1. The van der Waals surface area contributed by atoms with E-state index in [0.717, 1.165) is 31.6 Å². The lowest BCUT2D eigenvalue weighted by atomic mass is 10.1. The number of aliphatic hydroxyl groups is 1. The van der Waals surface area contributed by atoms with Crippen molar-refractivity contribution >= 4 is 0 Å². The Morgan fingerprint density at radius 1 is 1.13 bits per heavy atom. The summed E-state index contributed by atoms with van der Waals surface area (Å²) < 4.78 is 0. The minimum Gasteiger partial charge on any atom is -0.395 e. The molecule has 0 unspecified atom stereocenters. The van der Waals surface area contributed by atoms with Crippen molar-refractivity contribution in [2.75, 3.05) is 39.3 Å². The minimum atomic E-state index is 0.306. The number of hydrogen-bond donors (Lipinski definition) is 1. The van der Waals surface area contributed by atoms with Crippen LogP contribution in [0.5, 0.6) is 0 Å². The fraction of sp³-hybridized carbons (Fsp3) is 1.00. The molecule has 1 aliphatic carbocycles. The first-order valence-electron chi connectivity index (χ1n) is 6.37. The highest BCUT2D eigenvalue weighted by Crippen LogP contribution is 2.29. The average Bonchev–Trinajstić information content (AvgIpc) is 2.67. The molecule has 0 bridgehead atoms. The number of nitrogens with zero attached hydrogens (tertiary/aromatic N) is 2. The monoisotopic (exact) mass is 212 g/mol. The van der Waals surface area contributed by atoms with Gasteiger partial charge in [-0.05, 0) is 25.2 Å². The fourth-order valence-electron chi connectivity index (χ4n) is 3.00. The van der Waals surface area contributed by atoms with Crippen LogP contribution in [0.2, 0.25) is 0 Å². The second-order valence-electron chi connectivity index (χ2n) is 5.17. The minimum absolute atomic E-state index is 0.306. The van der Waals surface area contributed by atoms with Crippen LogP contribution in [0, 0.1) is 5.92 Å². The van der Waals surface area contributed by atoms with Crippen LogP contribution in [-0.4, -0.2) is 60.3 Å². The van der Waals surface area contributed by atoms with Gasteiger partial charge in [0.15, 0.2) is 0 Å². The van der Waals surface area contributed by atoms with Gasteiger partial charge in [-0.2, -0.15) is 0 Å². The third-order valence-electron chi connectivity index (χ3n) is 4.01. The second-order valence-corrected chi connectivity index (χ2v) is 5.17. The summed E-state index contributed by atoms with van der Waals surface area (Å²) in [5, 5.41) is 8.88. The van der Waals surface area contributed by atoms with E-state index in [1.165, 1.54) is 32.4 Å². The van der Waals surface area contributed by atoms with Crippen LogP contribution in [0.1, 0.15) is 26.2 Å². The Balaban J connectivity index is 1.73. The highest BCUT2D eigenvalue weighted by atomic mass is 16.3. The van der Waals surface area contributed by atoms with E-state index < -0.39 is 0 Å². The van der Waals surface area contributed by atoms with Gasteiger partial charge in [-0.3, -0.25) is 9.80 Å². The standard InChI is InChI=1S/C12H24N2O/c1-11-2-3-12(10-11)14-6-4-13(5-7-14)8-9-15/h11-12,15H,2-10H2,1H3/t11-,12+/m1/s1. The molecular formula is C12H24N2O. The van der Waals surface area contributed by atoms with Gasteiger partial charge in [-0.25, -0.2) is 0 Å². The zero-order chi connectivity index (χ0) is 10.7. The van der Waals surface area contributed by atoms with Crippen LogP contribution in [0.4, 0.5) is 0 Å². The summed E-state index contributed by atoms with van der Waals surface area (Å²) in [6, 6.07) is 0.858. The second kappa shape index (κ2) is 5.28. The van der Waals surface area contributed by atoms with Crippen LogP contribution in [0.25, 0.3) is 0 Å². The maximum atomic E-state index is 8.88. The lowest BCUT2D eigenvalue weighted by Gasteiger charge is -2.37. The van der Waals surface area contributed by atoms with Crippen molar-refractivity contribution in [3.8, 4) is 0 Å². The quantitative estimate of drug-likeness (QED) is 0.749. The molecule has 1 aliphatic heterocycles. The molecule has 3 heteroatoms. The van der Waals surface area contributed by atoms with E-state index in [0.29, 0.717) is 6.61 Å². The van der Waals surface area contributed by atoms with Crippen molar-refractivity contribution in [1.29, 1.82) is 0 Å². The van der Waals surface area contributed by atoms with Gasteiger partial charge in [0.1, 0.15) is 0 Å². The van der Waals surface area contributed by atoms with Crippen LogP contribution in [0.3, 0.4) is 0 Å². The average molecular weight is 212 g/mol. The number of rotatable bonds is 3. The molecule has 0 aromatic heterocycles. The van der Waals surface area contributed by atoms with Crippen molar-refractivity contribution in [1.82, 2.24) is 9.80 Å². The first-order valence-corrected chi connectivity index (χ1v) is 6.37. The zero-order valence-electron chi connectivity index (χ0n) is 9.86. The summed E-state index contributed by atoms with van der Waals surface area (Å²) in [6.07, 6.45) is 4.22. The Morgan fingerprint density at radius 2 is 1.87 bits per heavy atom. The summed E-state index contributed by atoms with van der Waals surface area (Å²) in [5.41, 5.74) is 0. The molecule has 88 valence electrons. The molecule has 3 nitrogen and oxygen atoms in total. The van der Waals surface area contributed by atoms with Gasteiger partial charge in [0.05, 0.1) is 6.61 Å². The molecular weight excluding hydrogens is 188 g/mol. The zero-order valence-corrected chi connectivity index (χ0v) is 9.86. The van der Waals surface area contributed by atoms with Crippen molar-refractivity contribution in [3.63, 3.8) is 0 Å². The highest BCUT2D eigenvalue weighted by Gasteiger charge is 2.28. The lowest BCUT2D eigenvalue weighted by molar-refractivity contribution is 0.0843. The van der Waals surface area contributed by atoms with Crippen molar-refractivity contribution in [2.45, 2.75) is 32.2 Å². The smallest absolute Gasteiger partial charge is 0.0558 e. The lowest BCUT2D eigenvalue weighted by Crippen LogP contribution is -2.50. The molecule has 2 atom stereocenters. The van der Waals surface area contributed by atoms with Gasteiger partial charge in [0.2, 0.25) is 0 Å². The highest BCUT2D eigenvalue weighted by molar-refractivity contribution is 4.84. The summed E-state index contributed by atoms with van der Waals surface area (Å²) >= 11 is 0. The van der Waals surface area contributed by atoms with Crippen LogP contribution < -0.4 is 0 Å². The van der Waals surface area contributed by atoms with Gasteiger partial charge in [-0.1, -0.05) is 6.92 Å². The molecule has 2 aliphatic rings. The maximum Gasteiger partial charge on any atom is 0.0558 e. The molecule has 0 spiro atoms. The predicted molar refractivity (Wildman–Crippen MR) is 61.9 cm³/mol. The van der Waals surface area contributed by atoms with Gasteiger partial charge in [0, 0.05) is 38.8 Å². The molecule has 0 radical (unpaired) electrons. The third kappa shape index (κ3) is 2.92. The predicted octanol–water partition coefficient (Wildman–Crippen LogP) is 0.785. The van der Waals surface area contributed by atoms with E-state index in [1.807, 2.05) is 0 Å². The normalized spacial score (nSPS) is 34.8. The van der Waals surface area contributed by atoms with E-state index in [2.05, 4.69) is 16.7 Å². The van der Waals surface area contributed by atoms with Gasteiger partial charge >= 0.3 is 0 Å². The molecule has 0 aromatic carbocycles. The summed E-state index contributed by atoms with van der Waals surface area (Å²) in [5.74, 6) is 0.936. The molecule has 2 rings (SSSR count). The number of hydrogen-bond acceptors (Lipinski definition) is 3. The third-order valence-corrected chi connectivity index (χ3v) is 4.01. The summed E-state index contributed by atoms with van der Waals surface area (Å²) in [4.78, 5) is 5.03. The molecule has 0 aromatic rings. The molecule has 1 heterocycles.